The number of aromatic nitrogens is 16. The number of ether oxygens (including phenoxy) is 4. The Morgan fingerprint density at radius 1 is 0.239 bits per heavy atom. The van der Waals surface area contributed by atoms with Gasteiger partial charge < -0.3 is 28.1 Å². The first-order valence-electron chi connectivity index (χ1n) is 27.3. The lowest BCUT2D eigenvalue weighted by Gasteiger charge is -2.07. The van der Waals surface area contributed by atoms with Crippen LogP contribution in [0.4, 0.5) is 4.79 Å². The molecule has 0 aliphatic carbocycles. The standard InChI is InChI=1S/4C16H10N4O.CH2O5S2/c4*1-3-7-13-11(5-1)9-17-19-15(13)21-16-14-8-4-2-6-12(14)10-18-20-16;2-1(7(3)4)8(5)6/h4*1-10H;(H,3,4)(H,5,6)/p-2. The summed E-state index contributed by atoms with van der Waals surface area (Å²) in [5.41, 5.74) is 0. The van der Waals surface area contributed by atoms with Gasteiger partial charge in [-0.3, -0.25) is 13.2 Å². The van der Waals surface area contributed by atoms with E-state index in [1.165, 1.54) is 0 Å². The molecule has 0 bridgehead atoms. The van der Waals surface area contributed by atoms with Gasteiger partial charge in [0.15, 0.2) is 0 Å². The van der Waals surface area contributed by atoms with Crippen LogP contribution in [0.2, 0.25) is 0 Å². The van der Waals surface area contributed by atoms with Crippen molar-refractivity contribution in [1.82, 2.24) is 81.6 Å². The van der Waals surface area contributed by atoms with Crippen LogP contribution in [0.5, 0.6) is 47.0 Å². The minimum atomic E-state index is -3.14. The summed E-state index contributed by atoms with van der Waals surface area (Å²) < 4.78 is 59.2. The van der Waals surface area contributed by atoms with Crippen LogP contribution in [0.1, 0.15) is 0 Å². The van der Waals surface area contributed by atoms with Crippen LogP contribution in [-0.4, -0.2) is 104 Å². The molecule has 0 N–H and O–H groups in total. The SMILES string of the molecule is O=C(S(=O)[O-])S(=O)[O-].c1ccc2c(Oc3nncc4ccccc34)nncc2c1.c1ccc2c(Oc3nncc4ccccc34)nncc2c1.c1ccc2c(Oc3nncc4ccccc34)nncc2c1.c1ccc2c(Oc3nncc4ccccc34)nncc2c1. The molecule has 2 atom stereocenters. The highest BCUT2D eigenvalue weighted by atomic mass is 32.3. The zero-order valence-corrected chi connectivity index (χ0v) is 48.9. The first kappa shape index (κ1) is 59.9. The summed E-state index contributed by atoms with van der Waals surface area (Å²) in [4.78, 5) is 9.62. The summed E-state index contributed by atoms with van der Waals surface area (Å²) in [7, 11) is 0. The topological polar surface area (TPSA) is 340 Å². The molecule has 8 heterocycles. The minimum absolute atomic E-state index is 0.429. The van der Waals surface area contributed by atoms with E-state index in [-0.39, 0.29) is 0 Å². The van der Waals surface area contributed by atoms with E-state index in [1.807, 2.05) is 194 Å². The molecule has 92 heavy (non-hydrogen) atoms. The van der Waals surface area contributed by atoms with E-state index >= 15 is 0 Å². The highest BCUT2D eigenvalue weighted by Gasteiger charge is 2.15. The Kier molecular flexibility index (Phi) is 18.6. The maximum Gasteiger partial charge on any atom is 0.279 e. The van der Waals surface area contributed by atoms with Gasteiger partial charge in [-0.2, -0.15) is 40.8 Å². The Morgan fingerprint density at radius 2 is 0.370 bits per heavy atom. The molecule has 0 fully saturated rings. The van der Waals surface area contributed by atoms with Crippen LogP contribution in [0.3, 0.4) is 0 Å². The molecule has 0 saturated heterocycles. The molecule has 0 amide bonds. The molecular weight excluding hydrogens is 1210 g/mol. The fourth-order valence-corrected chi connectivity index (χ4v) is 9.48. The van der Waals surface area contributed by atoms with Gasteiger partial charge in [0.25, 0.3) is 4.45 Å². The predicted molar refractivity (Wildman–Crippen MR) is 340 cm³/mol. The second-order valence-electron chi connectivity index (χ2n) is 19.0. The van der Waals surface area contributed by atoms with Crippen LogP contribution in [0, 0.1) is 0 Å². The quantitative estimate of drug-likeness (QED) is 0.128. The Morgan fingerprint density at radius 3 is 0.489 bits per heavy atom. The number of benzene rings is 8. The summed E-state index contributed by atoms with van der Waals surface area (Å²) in [5, 5.41) is 79.2. The molecule has 25 nitrogen and oxygen atoms in total. The molecule has 16 aromatic rings. The van der Waals surface area contributed by atoms with Crippen molar-refractivity contribution >= 4 is 113 Å². The lowest BCUT2D eigenvalue weighted by atomic mass is 10.2. The van der Waals surface area contributed by atoms with E-state index in [0.717, 1.165) is 86.2 Å². The summed E-state index contributed by atoms with van der Waals surface area (Å²) in [6, 6.07) is 62.3. The lowest BCUT2D eigenvalue weighted by Crippen LogP contribution is -2.09. The van der Waals surface area contributed by atoms with Crippen LogP contribution < -0.4 is 18.9 Å². The Labute approximate surface area is 523 Å². The second kappa shape index (κ2) is 28.6. The number of hydrogen-bond donors (Lipinski definition) is 0. The molecular formula is C65H40N16O9S2-2. The van der Waals surface area contributed by atoms with Gasteiger partial charge >= 0.3 is 0 Å². The average molecular weight is 1250 g/mol. The third-order valence-corrected chi connectivity index (χ3v) is 14.7. The molecule has 16 rings (SSSR count). The Hall–Kier alpha value is -12.4. The van der Waals surface area contributed by atoms with E-state index in [2.05, 4.69) is 81.6 Å². The van der Waals surface area contributed by atoms with E-state index in [4.69, 9.17) is 18.9 Å². The van der Waals surface area contributed by atoms with Gasteiger partial charge in [-0.15, -0.1) is 40.8 Å². The molecule has 0 spiro atoms. The fraction of sp³-hybridized carbons (Fsp3) is 0. The molecule has 448 valence electrons. The van der Waals surface area contributed by atoms with Crippen molar-refractivity contribution in [3.8, 4) is 47.0 Å². The summed E-state index contributed by atoms with van der Waals surface area (Å²) in [6.45, 7) is 0. The monoisotopic (exact) mass is 1250 g/mol. The predicted octanol–water partition coefficient (Wildman–Crippen LogP) is 12.3. The number of nitrogens with zero attached hydrogens (tertiary/aromatic N) is 16. The second-order valence-corrected chi connectivity index (χ2v) is 21.0. The normalized spacial score (nSPS) is 11.4. The first-order valence-corrected chi connectivity index (χ1v) is 29.4. The van der Waals surface area contributed by atoms with Crippen LogP contribution in [0.25, 0.3) is 86.2 Å². The Bertz CT molecular complexity index is 4390. The molecule has 0 saturated carbocycles. The first-order chi connectivity index (χ1) is 45.2. The van der Waals surface area contributed by atoms with Gasteiger partial charge in [0.05, 0.1) is 49.6 Å². The average Bonchev–Trinajstić information content (AvgIpc) is 1.50. The van der Waals surface area contributed by atoms with Crippen molar-refractivity contribution in [3.63, 3.8) is 0 Å². The van der Waals surface area contributed by atoms with Crippen molar-refractivity contribution in [2.75, 3.05) is 0 Å². The Balaban J connectivity index is 0.000000114. The van der Waals surface area contributed by atoms with Crippen LogP contribution >= 0.6 is 0 Å². The van der Waals surface area contributed by atoms with E-state index < -0.39 is 26.6 Å². The molecule has 0 radical (unpaired) electrons. The van der Waals surface area contributed by atoms with E-state index in [9.17, 15) is 22.3 Å². The van der Waals surface area contributed by atoms with Gasteiger partial charge in [-0.25, -0.2) is 0 Å². The molecule has 8 aromatic carbocycles. The number of rotatable bonds is 8. The minimum Gasteiger partial charge on any atom is -0.766 e. The maximum atomic E-state index is 9.62. The highest BCUT2D eigenvalue weighted by molar-refractivity contribution is 8.21. The maximum absolute atomic E-state index is 9.62. The van der Waals surface area contributed by atoms with E-state index in [1.54, 1.807) is 49.6 Å². The zero-order valence-electron chi connectivity index (χ0n) is 47.2. The smallest absolute Gasteiger partial charge is 0.279 e. The lowest BCUT2D eigenvalue weighted by molar-refractivity contribution is 0.271. The van der Waals surface area contributed by atoms with Crippen molar-refractivity contribution in [3.05, 3.63) is 244 Å². The molecule has 0 aliphatic rings. The van der Waals surface area contributed by atoms with Gasteiger partial charge in [-0.05, 0) is 48.5 Å². The third kappa shape index (κ3) is 14.1. The fourth-order valence-electron chi connectivity index (χ4n) is 9.04. The molecule has 0 aliphatic heterocycles. The van der Waals surface area contributed by atoms with Gasteiger partial charge in [0.1, 0.15) is 0 Å². The summed E-state index contributed by atoms with van der Waals surface area (Å²) in [6.07, 6.45) is 13.6. The van der Waals surface area contributed by atoms with Crippen molar-refractivity contribution in [1.29, 1.82) is 0 Å². The van der Waals surface area contributed by atoms with Crippen LogP contribution in [-0.2, 0) is 22.2 Å². The highest BCUT2D eigenvalue weighted by Crippen LogP contribution is 2.34. The number of hydrogen-bond acceptors (Lipinski definition) is 25. The molecule has 8 aromatic heterocycles. The number of carbonyl (C=O) groups excluding carboxylic acids is 1. The number of carbonyl (C=O) groups is 1. The zero-order chi connectivity index (χ0) is 63.0. The van der Waals surface area contributed by atoms with Gasteiger partial charge in [0.2, 0.25) is 47.0 Å². The summed E-state index contributed by atoms with van der Waals surface area (Å²) >= 11 is -6.28. The van der Waals surface area contributed by atoms with Gasteiger partial charge in [0, 0.05) is 108 Å². The van der Waals surface area contributed by atoms with Crippen LogP contribution in [0.15, 0.2) is 244 Å². The van der Waals surface area contributed by atoms with Crippen molar-refractivity contribution in [2.45, 2.75) is 0 Å². The van der Waals surface area contributed by atoms with Crippen molar-refractivity contribution < 1.29 is 41.3 Å². The third-order valence-electron chi connectivity index (χ3n) is 13.3. The molecule has 2 unspecified atom stereocenters. The number of fused-ring (bicyclic) bond motifs is 8. The largest absolute Gasteiger partial charge is 0.766 e. The van der Waals surface area contributed by atoms with E-state index in [0.29, 0.717) is 47.0 Å². The molecule has 27 heteroatoms. The van der Waals surface area contributed by atoms with Gasteiger partial charge in [-0.1, -0.05) is 146 Å². The summed E-state index contributed by atoms with van der Waals surface area (Å²) in [5.74, 6) is 3.44. The van der Waals surface area contributed by atoms with Crippen molar-refractivity contribution in [2.24, 2.45) is 0 Å².